The zero-order valence-electron chi connectivity index (χ0n) is 8.31. The van der Waals surface area contributed by atoms with Gasteiger partial charge in [0.15, 0.2) is 0 Å². The minimum atomic E-state index is -5.22. The van der Waals surface area contributed by atoms with Gasteiger partial charge in [-0.15, -0.1) is 0 Å². The van der Waals surface area contributed by atoms with Crippen molar-refractivity contribution < 1.29 is 68.7 Å². The molecule has 0 heterocycles. The van der Waals surface area contributed by atoms with E-state index in [4.69, 9.17) is 0 Å². The molecule has 0 N–H and O–H groups in total. The Labute approximate surface area is 128 Å². The first-order valence-corrected chi connectivity index (χ1v) is 4.48. The van der Waals surface area contributed by atoms with Crippen LogP contribution in [0.25, 0.3) is 0 Å². The minimum absolute atomic E-state index is 0. The van der Waals surface area contributed by atoms with Crippen molar-refractivity contribution in [2.45, 2.75) is 18.8 Å². The topological polar surface area (TPSA) is 0 Å². The normalized spacial score (nSPS) is 16.0. The van der Waals surface area contributed by atoms with Crippen molar-refractivity contribution in [2.75, 3.05) is 0 Å². The van der Waals surface area contributed by atoms with Gasteiger partial charge in [-0.05, 0) is 24.3 Å². The van der Waals surface area contributed by atoms with Gasteiger partial charge >= 0.3 is 58.4 Å². The summed E-state index contributed by atoms with van der Waals surface area (Å²) in [4.78, 5) is 0. The molecule has 0 aromatic heterocycles. The van der Waals surface area contributed by atoms with Gasteiger partial charge in [0.2, 0.25) is 0 Å². The second-order valence-electron chi connectivity index (χ2n) is 3.60. The van der Waals surface area contributed by atoms with Crippen LogP contribution in [0.2, 0.25) is 0 Å². The summed E-state index contributed by atoms with van der Waals surface area (Å²) >= 11 is 0. The maximum Gasteiger partial charge on any atom is 1.00 e. The Kier molecular flexibility index (Phi) is 4.45. The van der Waals surface area contributed by atoms with E-state index in [1.165, 1.54) is 12.1 Å². The quantitative estimate of drug-likeness (QED) is 0.496. The average Bonchev–Trinajstić information content (AvgIpc) is 2.85. The van der Waals surface area contributed by atoms with Crippen molar-refractivity contribution in [3.05, 3.63) is 29.6 Å². The van der Waals surface area contributed by atoms with E-state index < -0.39 is 18.3 Å². The van der Waals surface area contributed by atoms with Crippen LogP contribution in [0, 0.1) is 5.82 Å². The molecule has 0 atom stereocenters. The molecule has 1 aliphatic carbocycles. The Balaban J connectivity index is 0.00000112. The molecule has 0 radical (unpaired) electrons. The summed E-state index contributed by atoms with van der Waals surface area (Å²) in [6, 6.07) is 3.53. The SMILES string of the molecule is Fc1c(C2CC2)cccc1[B-](F)(F)F.[K+]. The fourth-order valence-corrected chi connectivity index (χ4v) is 1.53. The fourth-order valence-electron chi connectivity index (χ4n) is 1.53. The first-order chi connectivity index (χ1) is 6.50. The van der Waals surface area contributed by atoms with Gasteiger partial charge in [0, 0.05) is 0 Å². The van der Waals surface area contributed by atoms with Crippen LogP contribution in [0.15, 0.2) is 18.2 Å². The summed E-state index contributed by atoms with van der Waals surface area (Å²) in [5.74, 6) is -1.06. The van der Waals surface area contributed by atoms with Crippen molar-refractivity contribution in [3.8, 4) is 0 Å². The molecule has 0 aliphatic heterocycles. The van der Waals surface area contributed by atoms with Crippen LogP contribution in [0.5, 0.6) is 0 Å². The smallest absolute Gasteiger partial charge is 0.445 e. The third-order valence-corrected chi connectivity index (χ3v) is 2.43. The predicted molar refractivity (Wildman–Crippen MR) is 47.1 cm³/mol. The Hall–Kier alpha value is 0.641. The number of rotatable bonds is 2. The Bertz CT molecular complexity index is 360. The van der Waals surface area contributed by atoms with E-state index in [9.17, 15) is 17.3 Å². The molecule has 6 heteroatoms. The van der Waals surface area contributed by atoms with Crippen LogP contribution in [0.4, 0.5) is 17.3 Å². The van der Waals surface area contributed by atoms with E-state index in [0.717, 1.165) is 18.9 Å². The molecule has 0 saturated heterocycles. The van der Waals surface area contributed by atoms with Gasteiger partial charge in [-0.25, -0.2) is 4.39 Å². The second-order valence-corrected chi connectivity index (χ2v) is 3.60. The largest absolute Gasteiger partial charge is 1.00 e. The zero-order valence-corrected chi connectivity index (χ0v) is 11.4. The molecular formula is C9H8BF4K. The van der Waals surface area contributed by atoms with Gasteiger partial charge in [-0.3, -0.25) is 0 Å². The summed E-state index contributed by atoms with van der Waals surface area (Å²) < 4.78 is 50.4. The molecule has 0 nitrogen and oxygen atoms in total. The van der Waals surface area contributed by atoms with Crippen molar-refractivity contribution >= 4 is 12.4 Å². The maximum absolute atomic E-state index is 13.4. The van der Waals surface area contributed by atoms with E-state index >= 15 is 0 Å². The summed E-state index contributed by atoms with van der Waals surface area (Å²) in [7, 11) is 0. The van der Waals surface area contributed by atoms with Crippen molar-refractivity contribution in [1.82, 2.24) is 0 Å². The van der Waals surface area contributed by atoms with E-state index in [0.29, 0.717) is 0 Å². The second kappa shape index (κ2) is 4.87. The van der Waals surface area contributed by atoms with E-state index in [-0.39, 0.29) is 62.9 Å². The molecule has 2 rings (SSSR count). The van der Waals surface area contributed by atoms with E-state index in [1.807, 2.05) is 0 Å². The molecular weight excluding hydrogens is 234 g/mol. The maximum atomic E-state index is 13.4. The first-order valence-electron chi connectivity index (χ1n) is 4.48. The van der Waals surface area contributed by atoms with Gasteiger partial charge in [0.05, 0.1) is 5.82 Å². The molecule has 1 aromatic carbocycles. The molecule has 0 bridgehead atoms. The standard InChI is InChI=1S/C9H8BF4.K/c11-9-7(6-4-5-6)2-1-3-8(9)10(12,13)14;/h1-3,6H,4-5H2;/q-1;+1. The summed E-state index contributed by atoms with van der Waals surface area (Å²) in [6.07, 6.45) is 1.59. The first kappa shape index (κ1) is 13.7. The number of halogens is 4. The van der Waals surface area contributed by atoms with Crippen molar-refractivity contribution in [3.63, 3.8) is 0 Å². The molecule has 76 valence electrons. The third-order valence-electron chi connectivity index (χ3n) is 2.43. The molecule has 0 spiro atoms. The average molecular weight is 242 g/mol. The van der Waals surface area contributed by atoms with Gasteiger partial charge in [-0.1, -0.05) is 23.7 Å². The van der Waals surface area contributed by atoms with E-state index in [1.54, 1.807) is 0 Å². The molecule has 1 saturated carbocycles. The third kappa shape index (κ3) is 3.06. The minimum Gasteiger partial charge on any atom is -0.445 e. The molecule has 1 fully saturated rings. The molecule has 0 unspecified atom stereocenters. The Morgan fingerprint density at radius 3 is 2.20 bits per heavy atom. The van der Waals surface area contributed by atoms with Crippen LogP contribution in [0.3, 0.4) is 0 Å². The molecule has 15 heavy (non-hydrogen) atoms. The zero-order chi connectivity index (χ0) is 10.3. The van der Waals surface area contributed by atoms with Gasteiger partial charge in [0.25, 0.3) is 0 Å². The van der Waals surface area contributed by atoms with Crippen LogP contribution < -0.4 is 56.8 Å². The Morgan fingerprint density at radius 2 is 1.73 bits per heavy atom. The van der Waals surface area contributed by atoms with Crippen LogP contribution in [-0.2, 0) is 0 Å². The summed E-state index contributed by atoms with van der Waals surface area (Å²) in [6.45, 7) is -5.22. The molecule has 1 aliphatic rings. The van der Waals surface area contributed by atoms with Gasteiger partial charge in [0.1, 0.15) is 0 Å². The van der Waals surface area contributed by atoms with Crippen LogP contribution in [-0.4, -0.2) is 6.98 Å². The van der Waals surface area contributed by atoms with E-state index in [2.05, 4.69) is 0 Å². The van der Waals surface area contributed by atoms with Gasteiger partial charge in [-0.2, -0.15) is 0 Å². The molecule has 1 aromatic rings. The van der Waals surface area contributed by atoms with Crippen LogP contribution in [0.1, 0.15) is 24.3 Å². The fraction of sp³-hybridized carbons (Fsp3) is 0.333. The number of benzene rings is 1. The summed E-state index contributed by atoms with van der Waals surface area (Å²) in [5.41, 5.74) is -0.865. The van der Waals surface area contributed by atoms with Crippen molar-refractivity contribution in [2.24, 2.45) is 0 Å². The van der Waals surface area contributed by atoms with Crippen LogP contribution >= 0.6 is 0 Å². The van der Waals surface area contributed by atoms with Gasteiger partial charge < -0.3 is 12.9 Å². The van der Waals surface area contributed by atoms with Crippen molar-refractivity contribution in [1.29, 1.82) is 0 Å². The predicted octanol–water partition coefficient (Wildman–Crippen LogP) is -0.239. The monoisotopic (exact) mass is 242 g/mol. The number of hydrogen-bond acceptors (Lipinski definition) is 0. The number of hydrogen-bond donors (Lipinski definition) is 0. The summed E-state index contributed by atoms with van der Waals surface area (Å²) in [5, 5.41) is 0. The Morgan fingerprint density at radius 1 is 1.13 bits per heavy atom. The molecule has 0 amide bonds.